The van der Waals surface area contributed by atoms with Crippen molar-refractivity contribution in [3.05, 3.63) is 128 Å². The number of methoxy groups -OCH3 is 2. The third-order valence-corrected chi connectivity index (χ3v) is 13.8. The molecule has 0 spiro atoms. The van der Waals surface area contributed by atoms with E-state index in [2.05, 4.69) is 114 Å². The zero-order valence-electron chi connectivity index (χ0n) is 32.4. The summed E-state index contributed by atoms with van der Waals surface area (Å²) >= 11 is 0. The lowest BCUT2D eigenvalue weighted by Crippen LogP contribution is -2.43. The minimum atomic E-state index is -0.0791. The van der Waals surface area contributed by atoms with Crippen molar-refractivity contribution in [1.82, 2.24) is 0 Å². The highest BCUT2D eigenvalue weighted by molar-refractivity contribution is 5.49. The molecule has 0 aromatic heterocycles. The second kappa shape index (κ2) is 14.8. The van der Waals surface area contributed by atoms with Gasteiger partial charge in [-0.3, -0.25) is 0 Å². The molecule has 2 N–H and O–H groups in total. The Hall–Kier alpha value is -3.60. The minimum absolute atomic E-state index is 0.0421. The van der Waals surface area contributed by atoms with Crippen LogP contribution in [0.4, 0.5) is 0 Å². The Kier molecular flexibility index (Phi) is 10.8. The van der Waals surface area contributed by atoms with E-state index in [1.807, 2.05) is 0 Å². The molecule has 2 aliphatic carbocycles. The Morgan fingerprint density at radius 1 is 0.529 bits per heavy atom. The molecule has 4 heteroatoms. The van der Waals surface area contributed by atoms with Crippen LogP contribution in [-0.4, -0.2) is 24.4 Å². The van der Waals surface area contributed by atoms with Crippen LogP contribution in [0.2, 0.25) is 0 Å². The molecule has 0 bridgehead atoms. The van der Waals surface area contributed by atoms with Crippen LogP contribution in [0.3, 0.4) is 0 Å². The first kappa shape index (κ1) is 37.2. The van der Waals surface area contributed by atoms with Gasteiger partial charge < -0.3 is 19.7 Å². The van der Waals surface area contributed by atoms with Crippen LogP contribution in [0.15, 0.2) is 72.8 Å². The van der Waals surface area contributed by atoms with Crippen molar-refractivity contribution in [2.24, 2.45) is 17.3 Å². The molecule has 0 heterocycles. The molecule has 2 fully saturated rings. The van der Waals surface area contributed by atoms with Crippen LogP contribution in [0.25, 0.3) is 0 Å². The van der Waals surface area contributed by atoms with Crippen LogP contribution in [0, 0.1) is 44.9 Å². The second-order valence-corrected chi connectivity index (χ2v) is 16.5. The monoisotopic (exact) mass is 688 g/mol. The zero-order chi connectivity index (χ0) is 36.6. The molecule has 0 unspecified atom stereocenters. The molecule has 6 rings (SSSR count). The summed E-state index contributed by atoms with van der Waals surface area (Å²) in [5.74, 6) is 3.19. The fraction of sp³-hybridized carbons (Fsp3) is 0.489. The number of aliphatic hydroxyl groups is 2. The van der Waals surface area contributed by atoms with E-state index in [0.29, 0.717) is 11.8 Å². The zero-order valence-corrected chi connectivity index (χ0v) is 32.4. The van der Waals surface area contributed by atoms with E-state index in [9.17, 15) is 10.2 Å². The first-order valence-electron chi connectivity index (χ1n) is 19.1. The summed E-state index contributed by atoms with van der Waals surface area (Å²) in [4.78, 5) is 0. The van der Waals surface area contributed by atoms with Gasteiger partial charge in [0.25, 0.3) is 0 Å². The van der Waals surface area contributed by atoms with Gasteiger partial charge in [0, 0.05) is 10.8 Å². The van der Waals surface area contributed by atoms with Crippen molar-refractivity contribution < 1.29 is 19.7 Å². The first-order valence-corrected chi connectivity index (χ1v) is 19.1. The largest absolute Gasteiger partial charge is 0.496 e. The van der Waals surface area contributed by atoms with Crippen molar-refractivity contribution in [2.75, 3.05) is 14.2 Å². The lowest BCUT2D eigenvalue weighted by atomic mass is 9.53. The summed E-state index contributed by atoms with van der Waals surface area (Å²) in [6, 6.07) is 27.1. The number of hydrogen-bond donors (Lipinski definition) is 2. The standard InChI is InChI=1S/C47H60O4/c1-31-25-39(11-9-35(31)29-48)46(40-12-10-36(30-49)32(2)26-40)21-17-37(18-22-46)45(5,6)38-19-23-47(24-20-38,41-13-15-43(50-7)33(3)27-41)42-14-16-44(51-8)34(4)28-42/h9-16,25-28,37-38,48-49H,17-24,29-30H2,1-8H3. The predicted molar refractivity (Wildman–Crippen MR) is 209 cm³/mol. The van der Waals surface area contributed by atoms with E-state index in [1.54, 1.807) is 14.2 Å². The first-order chi connectivity index (χ1) is 24.4. The molecule has 0 radical (unpaired) electrons. The summed E-state index contributed by atoms with van der Waals surface area (Å²) in [7, 11) is 3.52. The average molecular weight is 689 g/mol. The van der Waals surface area contributed by atoms with Gasteiger partial charge in [-0.15, -0.1) is 0 Å². The van der Waals surface area contributed by atoms with Crippen LogP contribution in [0.1, 0.15) is 121 Å². The lowest BCUT2D eigenvalue weighted by molar-refractivity contribution is 0.0364. The van der Waals surface area contributed by atoms with E-state index >= 15 is 0 Å². The molecule has 2 aliphatic rings. The highest BCUT2D eigenvalue weighted by atomic mass is 16.5. The molecule has 4 aromatic carbocycles. The molecular formula is C47H60O4. The number of rotatable bonds is 10. The van der Waals surface area contributed by atoms with Gasteiger partial charge in [0.15, 0.2) is 0 Å². The smallest absolute Gasteiger partial charge is 0.121 e. The summed E-state index contributed by atoms with van der Waals surface area (Å²) in [5.41, 5.74) is 12.3. The van der Waals surface area contributed by atoms with E-state index in [1.165, 1.54) is 59.1 Å². The quantitative estimate of drug-likeness (QED) is 0.174. The molecule has 0 saturated heterocycles. The summed E-state index contributed by atoms with van der Waals surface area (Å²) in [5, 5.41) is 19.9. The number of hydrogen-bond acceptors (Lipinski definition) is 4. The maximum Gasteiger partial charge on any atom is 0.121 e. The van der Waals surface area contributed by atoms with Crippen molar-refractivity contribution in [1.29, 1.82) is 0 Å². The van der Waals surface area contributed by atoms with Gasteiger partial charge in [-0.1, -0.05) is 74.5 Å². The summed E-state index contributed by atoms with van der Waals surface area (Å²) in [6.45, 7) is 13.9. The van der Waals surface area contributed by atoms with Crippen molar-refractivity contribution >= 4 is 0 Å². The van der Waals surface area contributed by atoms with E-state index in [-0.39, 0.29) is 29.5 Å². The van der Waals surface area contributed by atoms with Crippen LogP contribution in [0.5, 0.6) is 11.5 Å². The number of aryl methyl sites for hydroxylation is 4. The van der Waals surface area contributed by atoms with E-state index < -0.39 is 0 Å². The Morgan fingerprint density at radius 3 is 1.12 bits per heavy atom. The SMILES string of the molecule is COc1ccc(C2(c3ccc(OC)c(C)c3)CCC(C(C)(C)C3CCC(c4ccc(CO)c(C)c4)(c4ccc(CO)c(C)c4)CC3)CC2)cc1C. The number of benzene rings is 4. The van der Waals surface area contributed by atoms with Gasteiger partial charge in [-0.25, -0.2) is 0 Å². The van der Waals surface area contributed by atoms with Crippen molar-refractivity contribution in [3.8, 4) is 11.5 Å². The van der Waals surface area contributed by atoms with Gasteiger partial charge in [-0.2, -0.15) is 0 Å². The third-order valence-electron chi connectivity index (χ3n) is 13.8. The van der Waals surface area contributed by atoms with Crippen LogP contribution < -0.4 is 9.47 Å². The Balaban J connectivity index is 1.27. The summed E-state index contributed by atoms with van der Waals surface area (Å²) < 4.78 is 11.3. The van der Waals surface area contributed by atoms with Crippen molar-refractivity contribution in [3.63, 3.8) is 0 Å². The van der Waals surface area contributed by atoms with Gasteiger partial charge in [0.05, 0.1) is 27.4 Å². The number of ether oxygens (including phenoxy) is 2. The molecule has 4 nitrogen and oxygen atoms in total. The minimum Gasteiger partial charge on any atom is -0.496 e. The maximum atomic E-state index is 9.94. The van der Waals surface area contributed by atoms with E-state index in [4.69, 9.17) is 9.47 Å². The normalized spacial score (nSPS) is 18.1. The fourth-order valence-corrected chi connectivity index (χ4v) is 10.2. The highest BCUT2D eigenvalue weighted by Gasteiger charge is 2.48. The highest BCUT2D eigenvalue weighted by Crippen LogP contribution is 2.57. The molecule has 4 aromatic rings. The topological polar surface area (TPSA) is 58.9 Å². The van der Waals surface area contributed by atoms with Gasteiger partial charge in [0.1, 0.15) is 11.5 Å². The molecule has 2 saturated carbocycles. The molecular weight excluding hydrogens is 629 g/mol. The average Bonchev–Trinajstić information content (AvgIpc) is 3.14. The molecule has 51 heavy (non-hydrogen) atoms. The Bertz CT molecular complexity index is 1590. The van der Waals surface area contributed by atoms with Crippen LogP contribution >= 0.6 is 0 Å². The second-order valence-electron chi connectivity index (χ2n) is 16.5. The summed E-state index contributed by atoms with van der Waals surface area (Å²) in [6.07, 6.45) is 9.23. The maximum absolute atomic E-state index is 9.94. The Morgan fingerprint density at radius 2 is 0.843 bits per heavy atom. The molecule has 0 aliphatic heterocycles. The fourth-order valence-electron chi connectivity index (χ4n) is 10.2. The number of aliphatic hydroxyl groups excluding tert-OH is 2. The Labute approximate surface area is 307 Å². The van der Waals surface area contributed by atoms with Gasteiger partial charge in [-0.05, 0) is 164 Å². The van der Waals surface area contributed by atoms with E-state index in [0.717, 1.165) is 59.4 Å². The van der Waals surface area contributed by atoms with Gasteiger partial charge in [0.2, 0.25) is 0 Å². The predicted octanol–water partition coefficient (Wildman–Crippen LogP) is 10.6. The van der Waals surface area contributed by atoms with Gasteiger partial charge >= 0.3 is 0 Å². The van der Waals surface area contributed by atoms with Crippen LogP contribution in [-0.2, 0) is 24.0 Å². The molecule has 0 amide bonds. The molecule has 0 atom stereocenters. The third kappa shape index (κ3) is 6.75. The lowest BCUT2D eigenvalue weighted by Gasteiger charge is -2.52. The van der Waals surface area contributed by atoms with Crippen molar-refractivity contribution in [2.45, 2.75) is 117 Å². The molecule has 272 valence electrons.